The molecule has 0 amide bonds. The van der Waals surface area contributed by atoms with Crippen LogP contribution in [0.4, 0.5) is 0 Å². The zero-order valence-electron chi connectivity index (χ0n) is 5.56. The zero-order chi connectivity index (χ0) is 5.11. The summed E-state index contributed by atoms with van der Waals surface area (Å²) in [6.07, 6.45) is 0. The molecule has 5 heteroatoms. The van der Waals surface area contributed by atoms with Gasteiger partial charge in [-0.25, -0.2) is 0 Å². The van der Waals surface area contributed by atoms with E-state index in [-0.39, 0.29) is 63.4 Å². The number of hydrogen-bond acceptors (Lipinski definition) is 1. The molecule has 0 unspecified atom stereocenters. The minimum atomic E-state index is 0. The molecule has 0 radical (unpaired) electrons. The Kier molecular flexibility index (Phi) is 27.5. The summed E-state index contributed by atoms with van der Waals surface area (Å²) >= 11 is 0. The Balaban J connectivity index is -0.0000000612. The minimum Gasteiger partial charge on any atom is -0.508 e. The smallest absolute Gasteiger partial charge is 0.115 e. The first-order chi connectivity index (χ1) is 3.39. The number of phenols is 1. The van der Waals surface area contributed by atoms with Gasteiger partial charge in [-0.2, -0.15) is 0 Å². The standard InChI is InChI=1S/C6H6O.3ClH.Zr/c7-6-4-2-1-3-5-6;;;;/h1-5,7H;3*1H;. The van der Waals surface area contributed by atoms with Crippen molar-refractivity contribution in [3.63, 3.8) is 0 Å². The van der Waals surface area contributed by atoms with Crippen LogP contribution < -0.4 is 0 Å². The number of aromatic hydroxyl groups is 1. The van der Waals surface area contributed by atoms with E-state index in [9.17, 15) is 0 Å². The summed E-state index contributed by atoms with van der Waals surface area (Å²) in [6.45, 7) is 0. The van der Waals surface area contributed by atoms with Gasteiger partial charge in [0, 0.05) is 26.2 Å². The second-order valence-electron chi connectivity index (χ2n) is 1.34. The van der Waals surface area contributed by atoms with Gasteiger partial charge in [0.25, 0.3) is 0 Å². The summed E-state index contributed by atoms with van der Waals surface area (Å²) in [7, 11) is 0. The third-order valence-corrected chi connectivity index (χ3v) is 0.756. The van der Waals surface area contributed by atoms with E-state index in [1.165, 1.54) is 0 Å². The van der Waals surface area contributed by atoms with Crippen molar-refractivity contribution in [3.8, 4) is 5.75 Å². The second-order valence-corrected chi connectivity index (χ2v) is 1.34. The maximum Gasteiger partial charge on any atom is 0.115 e. The molecule has 0 atom stereocenters. The normalized spacial score (nSPS) is 5.45. The molecule has 64 valence electrons. The molecule has 0 fully saturated rings. The number of para-hydroxylation sites is 1. The van der Waals surface area contributed by atoms with Crippen molar-refractivity contribution in [3.05, 3.63) is 30.3 Å². The van der Waals surface area contributed by atoms with Crippen molar-refractivity contribution in [1.29, 1.82) is 0 Å². The van der Waals surface area contributed by atoms with E-state index in [0.29, 0.717) is 5.75 Å². The Morgan fingerprint density at radius 3 is 1.36 bits per heavy atom. The van der Waals surface area contributed by atoms with Crippen molar-refractivity contribution in [1.82, 2.24) is 0 Å². The van der Waals surface area contributed by atoms with Gasteiger partial charge >= 0.3 is 0 Å². The van der Waals surface area contributed by atoms with Gasteiger partial charge < -0.3 is 5.11 Å². The van der Waals surface area contributed by atoms with Crippen LogP contribution in [-0.4, -0.2) is 5.11 Å². The number of hydrogen-bond donors (Lipinski definition) is 1. The monoisotopic (exact) mass is 292 g/mol. The summed E-state index contributed by atoms with van der Waals surface area (Å²) in [5, 5.41) is 8.63. The first kappa shape index (κ1) is 22.6. The van der Waals surface area contributed by atoms with Crippen molar-refractivity contribution in [2.24, 2.45) is 0 Å². The number of rotatable bonds is 0. The minimum absolute atomic E-state index is 0. The second kappa shape index (κ2) is 13.4. The molecule has 0 heterocycles. The number of halogens is 3. The van der Waals surface area contributed by atoms with Crippen LogP contribution in [0, 0.1) is 0 Å². The van der Waals surface area contributed by atoms with Gasteiger partial charge in [0.2, 0.25) is 0 Å². The molecule has 0 saturated heterocycles. The molecule has 1 aromatic rings. The fraction of sp³-hybridized carbons (Fsp3) is 0. The zero-order valence-corrected chi connectivity index (χ0v) is 10.5. The third-order valence-electron chi connectivity index (χ3n) is 0.756. The predicted molar refractivity (Wildman–Crippen MR) is 49.9 cm³/mol. The van der Waals surface area contributed by atoms with Crippen molar-refractivity contribution in [2.75, 3.05) is 0 Å². The van der Waals surface area contributed by atoms with Gasteiger partial charge in [-0.3, -0.25) is 0 Å². The topological polar surface area (TPSA) is 20.2 Å². The van der Waals surface area contributed by atoms with Gasteiger partial charge in [0.15, 0.2) is 0 Å². The Bertz CT molecular complexity index is 148. The molecule has 0 saturated carbocycles. The van der Waals surface area contributed by atoms with Crippen LogP contribution in [0.25, 0.3) is 0 Å². The van der Waals surface area contributed by atoms with E-state index in [4.69, 9.17) is 5.11 Å². The van der Waals surface area contributed by atoms with Gasteiger partial charge in [-0.15, -0.1) is 37.2 Å². The van der Waals surface area contributed by atoms with Crippen LogP contribution in [0.1, 0.15) is 0 Å². The Morgan fingerprint density at radius 1 is 0.818 bits per heavy atom. The first-order valence-electron chi connectivity index (χ1n) is 2.13. The average Bonchev–Trinajstić information content (AvgIpc) is 1.69. The number of benzene rings is 1. The van der Waals surface area contributed by atoms with E-state index in [0.717, 1.165) is 0 Å². The molecule has 0 aromatic heterocycles. The van der Waals surface area contributed by atoms with E-state index >= 15 is 0 Å². The summed E-state index contributed by atoms with van der Waals surface area (Å²) < 4.78 is 0. The van der Waals surface area contributed by atoms with Crippen LogP contribution in [-0.2, 0) is 26.2 Å². The largest absolute Gasteiger partial charge is 0.508 e. The fourth-order valence-corrected chi connectivity index (χ4v) is 0.428. The van der Waals surface area contributed by atoms with Crippen LogP contribution in [0.5, 0.6) is 5.75 Å². The fourth-order valence-electron chi connectivity index (χ4n) is 0.428. The van der Waals surface area contributed by atoms with E-state index in [1.807, 2.05) is 6.07 Å². The maximum atomic E-state index is 8.63. The Labute approximate surface area is 104 Å². The summed E-state index contributed by atoms with van der Waals surface area (Å²) in [4.78, 5) is 0. The molecule has 1 rings (SSSR count). The van der Waals surface area contributed by atoms with Gasteiger partial charge in [0.05, 0.1) is 0 Å². The van der Waals surface area contributed by atoms with Crippen LogP contribution in [0.15, 0.2) is 30.3 Å². The first-order valence-corrected chi connectivity index (χ1v) is 2.13. The molecule has 11 heavy (non-hydrogen) atoms. The third kappa shape index (κ3) is 10.8. The van der Waals surface area contributed by atoms with Crippen LogP contribution in [0.3, 0.4) is 0 Å². The number of phenolic OH excluding ortho intramolecular Hbond substituents is 1. The quantitative estimate of drug-likeness (QED) is 0.780. The van der Waals surface area contributed by atoms with Crippen molar-refractivity contribution in [2.45, 2.75) is 0 Å². The molecule has 0 aliphatic carbocycles. The van der Waals surface area contributed by atoms with E-state index in [2.05, 4.69) is 0 Å². The van der Waals surface area contributed by atoms with E-state index < -0.39 is 0 Å². The SMILES string of the molecule is Cl.Cl.Cl.Oc1ccccc1.[Zr]. The summed E-state index contributed by atoms with van der Waals surface area (Å²) in [5.41, 5.74) is 0. The van der Waals surface area contributed by atoms with Gasteiger partial charge in [-0.1, -0.05) is 18.2 Å². The van der Waals surface area contributed by atoms with E-state index in [1.54, 1.807) is 24.3 Å². The molecular weight excluding hydrogens is 286 g/mol. The summed E-state index contributed by atoms with van der Waals surface area (Å²) in [5.74, 6) is 0.322. The van der Waals surface area contributed by atoms with Crippen LogP contribution >= 0.6 is 37.2 Å². The van der Waals surface area contributed by atoms with Crippen LogP contribution in [0.2, 0.25) is 0 Å². The molecular formula is C6H9Cl3OZr. The molecule has 0 aliphatic rings. The molecule has 1 nitrogen and oxygen atoms in total. The summed E-state index contributed by atoms with van der Waals surface area (Å²) in [6, 6.07) is 8.71. The Morgan fingerprint density at radius 2 is 1.18 bits per heavy atom. The van der Waals surface area contributed by atoms with Crippen molar-refractivity contribution >= 4 is 37.2 Å². The molecule has 1 aromatic carbocycles. The molecule has 0 spiro atoms. The van der Waals surface area contributed by atoms with Gasteiger partial charge in [0.1, 0.15) is 5.75 Å². The molecule has 1 N–H and O–H groups in total. The average molecular weight is 295 g/mol. The molecule has 0 aliphatic heterocycles. The Hall–Kier alpha value is 0.773. The van der Waals surface area contributed by atoms with Crippen molar-refractivity contribution < 1.29 is 31.3 Å². The van der Waals surface area contributed by atoms with Gasteiger partial charge in [-0.05, 0) is 12.1 Å². The maximum absolute atomic E-state index is 8.63. The molecule has 0 bridgehead atoms. The predicted octanol–water partition coefficient (Wildman–Crippen LogP) is 2.66.